The van der Waals surface area contributed by atoms with Crippen molar-refractivity contribution < 1.29 is 5.11 Å². The predicted octanol–water partition coefficient (Wildman–Crippen LogP) is 4.17. The SMILES string of the molecule is Cc1ccccc1-c1cccc(CN2CC[C@@H](N(C)CCc3ccccn3)[C@H](O)C2)c1. The Morgan fingerprint density at radius 3 is 2.68 bits per heavy atom. The Bertz CT molecular complexity index is 975. The summed E-state index contributed by atoms with van der Waals surface area (Å²) in [5.41, 5.74) is 6.26. The number of aliphatic hydroxyl groups is 1. The molecule has 0 bridgehead atoms. The number of pyridine rings is 1. The van der Waals surface area contributed by atoms with Gasteiger partial charge in [0.25, 0.3) is 0 Å². The summed E-state index contributed by atoms with van der Waals surface area (Å²) in [6.07, 6.45) is 3.41. The number of rotatable bonds is 7. The van der Waals surface area contributed by atoms with Crippen molar-refractivity contribution in [3.05, 3.63) is 89.7 Å². The zero-order valence-corrected chi connectivity index (χ0v) is 18.6. The second-order valence-electron chi connectivity index (χ2n) is 8.73. The second kappa shape index (κ2) is 10.2. The van der Waals surface area contributed by atoms with Crippen molar-refractivity contribution in [3.8, 4) is 11.1 Å². The van der Waals surface area contributed by atoms with Crippen LogP contribution in [0.5, 0.6) is 0 Å². The number of hydrogen-bond acceptors (Lipinski definition) is 4. The van der Waals surface area contributed by atoms with E-state index in [9.17, 15) is 5.11 Å². The zero-order valence-electron chi connectivity index (χ0n) is 18.6. The summed E-state index contributed by atoms with van der Waals surface area (Å²) < 4.78 is 0. The minimum absolute atomic E-state index is 0.207. The predicted molar refractivity (Wildman–Crippen MR) is 127 cm³/mol. The van der Waals surface area contributed by atoms with Crippen LogP contribution >= 0.6 is 0 Å². The summed E-state index contributed by atoms with van der Waals surface area (Å²) in [6, 6.07) is 23.6. The van der Waals surface area contributed by atoms with Crippen LogP contribution in [0.4, 0.5) is 0 Å². The highest BCUT2D eigenvalue weighted by molar-refractivity contribution is 5.67. The van der Waals surface area contributed by atoms with E-state index < -0.39 is 0 Å². The molecule has 31 heavy (non-hydrogen) atoms. The van der Waals surface area contributed by atoms with Crippen LogP contribution in [-0.2, 0) is 13.0 Å². The average molecular weight is 416 g/mol. The van der Waals surface area contributed by atoms with Gasteiger partial charge < -0.3 is 10.0 Å². The van der Waals surface area contributed by atoms with E-state index in [0.29, 0.717) is 6.54 Å². The Labute approximate surface area is 186 Å². The van der Waals surface area contributed by atoms with Crippen LogP contribution in [0.2, 0.25) is 0 Å². The number of benzene rings is 2. The first-order valence-corrected chi connectivity index (χ1v) is 11.3. The molecule has 4 rings (SSSR count). The number of nitrogens with zero attached hydrogens (tertiary/aromatic N) is 3. The van der Waals surface area contributed by atoms with Crippen molar-refractivity contribution in [1.82, 2.24) is 14.8 Å². The van der Waals surface area contributed by atoms with Crippen LogP contribution in [0.15, 0.2) is 72.9 Å². The van der Waals surface area contributed by atoms with E-state index in [4.69, 9.17) is 0 Å². The molecule has 2 aromatic carbocycles. The van der Waals surface area contributed by atoms with Gasteiger partial charge in [-0.1, -0.05) is 48.5 Å². The van der Waals surface area contributed by atoms with Gasteiger partial charge in [0.2, 0.25) is 0 Å². The number of piperidine rings is 1. The van der Waals surface area contributed by atoms with Crippen LogP contribution < -0.4 is 0 Å². The first kappa shape index (κ1) is 21.7. The van der Waals surface area contributed by atoms with Crippen molar-refractivity contribution in [2.75, 3.05) is 26.7 Å². The molecule has 1 aliphatic rings. The van der Waals surface area contributed by atoms with Gasteiger partial charge >= 0.3 is 0 Å². The van der Waals surface area contributed by atoms with E-state index in [0.717, 1.165) is 38.2 Å². The molecule has 0 amide bonds. The van der Waals surface area contributed by atoms with Crippen molar-refractivity contribution in [3.63, 3.8) is 0 Å². The highest BCUT2D eigenvalue weighted by atomic mass is 16.3. The van der Waals surface area contributed by atoms with Gasteiger partial charge in [-0.2, -0.15) is 0 Å². The van der Waals surface area contributed by atoms with E-state index in [1.54, 1.807) is 0 Å². The third-order valence-corrected chi connectivity index (χ3v) is 6.43. The number of hydrogen-bond donors (Lipinski definition) is 1. The van der Waals surface area contributed by atoms with E-state index in [1.165, 1.54) is 22.3 Å². The molecule has 4 heteroatoms. The molecule has 0 unspecified atom stereocenters. The molecule has 3 aromatic rings. The highest BCUT2D eigenvalue weighted by Crippen LogP contribution is 2.25. The molecule has 1 aromatic heterocycles. The smallest absolute Gasteiger partial charge is 0.0822 e. The first-order valence-electron chi connectivity index (χ1n) is 11.3. The monoisotopic (exact) mass is 415 g/mol. The normalized spacial score (nSPS) is 19.6. The minimum atomic E-state index is -0.331. The Morgan fingerprint density at radius 2 is 1.90 bits per heavy atom. The van der Waals surface area contributed by atoms with Gasteiger partial charge in [0.15, 0.2) is 0 Å². The van der Waals surface area contributed by atoms with Crippen molar-refractivity contribution >= 4 is 0 Å². The number of aliphatic hydroxyl groups excluding tert-OH is 1. The number of likely N-dealkylation sites (tertiary alicyclic amines) is 1. The molecule has 4 nitrogen and oxygen atoms in total. The maximum Gasteiger partial charge on any atom is 0.0822 e. The average Bonchev–Trinajstić information content (AvgIpc) is 2.79. The summed E-state index contributed by atoms with van der Waals surface area (Å²) in [5.74, 6) is 0. The fourth-order valence-corrected chi connectivity index (χ4v) is 4.64. The topological polar surface area (TPSA) is 39.6 Å². The van der Waals surface area contributed by atoms with E-state index in [-0.39, 0.29) is 12.1 Å². The van der Waals surface area contributed by atoms with Gasteiger partial charge in [-0.15, -0.1) is 0 Å². The van der Waals surface area contributed by atoms with Crippen molar-refractivity contribution in [1.29, 1.82) is 0 Å². The number of aryl methyl sites for hydroxylation is 1. The molecule has 1 N–H and O–H groups in total. The summed E-state index contributed by atoms with van der Waals surface area (Å²) in [6.45, 7) is 5.67. The van der Waals surface area contributed by atoms with Crippen LogP contribution in [-0.4, -0.2) is 58.7 Å². The van der Waals surface area contributed by atoms with Gasteiger partial charge in [0, 0.05) is 50.5 Å². The minimum Gasteiger partial charge on any atom is -0.390 e. The standard InChI is InChI=1S/C27H33N3O/c1-21-8-3-4-12-25(21)23-10-7-9-22(18-23)19-30-17-14-26(27(31)20-30)29(2)16-13-24-11-5-6-15-28-24/h3-12,15,18,26-27,31H,13-14,16-17,19-20H2,1-2H3/t26-,27-/m1/s1. The summed E-state index contributed by atoms with van der Waals surface area (Å²) in [7, 11) is 2.12. The van der Waals surface area contributed by atoms with Crippen LogP contribution in [0, 0.1) is 6.92 Å². The van der Waals surface area contributed by atoms with Crippen molar-refractivity contribution in [2.45, 2.75) is 38.5 Å². The maximum atomic E-state index is 10.9. The van der Waals surface area contributed by atoms with Crippen LogP contribution in [0.25, 0.3) is 11.1 Å². The lowest BCUT2D eigenvalue weighted by molar-refractivity contribution is -0.00619. The van der Waals surface area contributed by atoms with E-state index >= 15 is 0 Å². The van der Waals surface area contributed by atoms with Gasteiger partial charge in [0.1, 0.15) is 0 Å². The molecular weight excluding hydrogens is 382 g/mol. The molecule has 0 radical (unpaired) electrons. The lowest BCUT2D eigenvalue weighted by Crippen LogP contribution is -2.53. The molecule has 2 atom stereocenters. The summed E-state index contributed by atoms with van der Waals surface area (Å²) >= 11 is 0. The molecule has 0 aliphatic carbocycles. The van der Waals surface area contributed by atoms with Gasteiger partial charge in [-0.25, -0.2) is 0 Å². The van der Waals surface area contributed by atoms with Crippen molar-refractivity contribution in [2.24, 2.45) is 0 Å². The first-order chi connectivity index (χ1) is 15.1. The third-order valence-electron chi connectivity index (χ3n) is 6.43. The molecular formula is C27H33N3O. The molecule has 0 saturated carbocycles. The molecule has 1 aliphatic heterocycles. The highest BCUT2D eigenvalue weighted by Gasteiger charge is 2.30. The number of β-amino-alcohol motifs (C(OH)–C–C–N with tert-alkyl or cyclic N) is 1. The number of likely N-dealkylation sites (N-methyl/N-ethyl adjacent to an activating group) is 1. The largest absolute Gasteiger partial charge is 0.390 e. The molecule has 162 valence electrons. The fraction of sp³-hybridized carbons (Fsp3) is 0.370. The summed E-state index contributed by atoms with van der Waals surface area (Å²) in [5, 5.41) is 10.9. The summed E-state index contributed by atoms with van der Waals surface area (Å²) in [4.78, 5) is 9.09. The third kappa shape index (κ3) is 5.59. The van der Waals surface area contributed by atoms with Crippen LogP contribution in [0.3, 0.4) is 0 Å². The quantitative estimate of drug-likeness (QED) is 0.629. The van der Waals surface area contributed by atoms with Crippen LogP contribution in [0.1, 0.15) is 23.2 Å². The van der Waals surface area contributed by atoms with E-state index in [2.05, 4.69) is 83.4 Å². The maximum absolute atomic E-state index is 10.9. The molecule has 2 heterocycles. The van der Waals surface area contributed by atoms with Gasteiger partial charge in [0.05, 0.1) is 6.10 Å². The lowest BCUT2D eigenvalue weighted by Gasteiger charge is -2.40. The van der Waals surface area contributed by atoms with Gasteiger partial charge in [-0.05, 0) is 60.8 Å². The molecule has 1 saturated heterocycles. The fourth-order valence-electron chi connectivity index (χ4n) is 4.64. The van der Waals surface area contributed by atoms with E-state index in [1.807, 2.05) is 18.3 Å². The molecule has 1 fully saturated rings. The Kier molecular flexibility index (Phi) is 7.13. The number of aromatic nitrogens is 1. The van der Waals surface area contributed by atoms with Gasteiger partial charge in [-0.3, -0.25) is 9.88 Å². The Hall–Kier alpha value is -2.53. The lowest BCUT2D eigenvalue weighted by atomic mass is 9.97. The zero-order chi connectivity index (χ0) is 21.6. The Balaban J connectivity index is 1.33. The Morgan fingerprint density at radius 1 is 1.06 bits per heavy atom. The second-order valence-corrected chi connectivity index (χ2v) is 8.73. The molecule has 0 spiro atoms.